The van der Waals surface area contributed by atoms with E-state index in [1.807, 2.05) is 60.7 Å². The predicted octanol–water partition coefficient (Wildman–Crippen LogP) is 11.3. The maximum atomic E-state index is 11.3. The number of aryl methyl sites for hydroxylation is 2. The van der Waals surface area contributed by atoms with Crippen molar-refractivity contribution >= 4 is 11.4 Å². The van der Waals surface area contributed by atoms with Crippen molar-refractivity contribution in [2.45, 2.75) is 78.6 Å². The van der Waals surface area contributed by atoms with Crippen LogP contribution in [0.2, 0.25) is 0 Å². The van der Waals surface area contributed by atoms with E-state index < -0.39 is 0 Å². The van der Waals surface area contributed by atoms with Gasteiger partial charge in [-0.25, -0.2) is 4.70 Å². The molecule has 0 aliphatic carbocycles. The van der Waals surface area contributed by atoms with Gasteiger partial charge in [0, 0.05) is 22.8 Å². The monoisotopic (exact) mass is 660 g/mol. The van der Waals surface area contributed by atoms with Crippen molar-refractivity contribution in [2.75, 3.05) is 0 Å². The van der Waals surface area contributed by atoms with Crippen molar-refractivity contribution in [2.24, 2.45) is 0 Å². The van der Waals surface area contributed by atoms with E-state index in [9.17, 15) is 5.53 Å². The summed E-state index contributed by atoms with van der Waals surface area (Å²) in [4.78, 5) is 0. The van der Waals surface area contributed by atoms with Crippen molar-refractivity contribution in [1.29, 1.82) is 0 Å². The largest absolute Gasteiger partial charge is 2.00 e. The number of hydrogen-bond donors (Lipinski definition) is 0. The first kappa shape index (κ1) is 35.8. The van der Waals surface area contributed by atoms with E-state index in [0.717, 1.165) is 54.6 Å². The third-order valence-electron chi connectivity index (χ3n) is 7.13. The SMILES string of the molecule is CCCCC1=C(c2cccc(CCCC)c2)[N+](=[N-])C(c2cccc(CCCC)c2)=C1.[Pd+2].[c-]1ccccc1.[c-]1ccccc1. The molecule has 3 heteroatoms. The van der Waals surface area contributed by atoms with Crippen LogP contribution in [-0.2, 0) is 33.3 Å². The summed E-state index contributed by atoms with van der Waals surface area (Å²) >= 11 is 0. The minimum atomic E-state index is 0. The summed E-state index contributed by atoms with van der Waals surface area (Å²) in [5.41, 5.74) is 19.3. The molecule has 2 nitrogen and oxygen atoms in total. The van der Waals surface area contributed by atoms with Crippen LogP contribution in [-0.4, -0.2) is 4.70 Å². The zero-order valence-electron chi connectivity index (χ0n) is 26.0. The Hall–Kier alpha value is -3.38. The van der Waals surface area contributed by atoms with Crippen molar-refractivity contribution in [3.63, 3.8) is 0 Å². The predicted molar refractivity (Wildman–Crippen MR) is 179 cm³/mol. The van der Waals surface area contributed by atoms with Crippen molar-refractivity contribution < 1.29 is 25.1 Å². The molecule has 0 atom stereocenters. The molecular weight excluding hydrogens is 615 g/mol. The Kier molecular flexibility index (Phi) is 17.8. The molecule has 0 fully saturated rings. The molecule has 0 unspecified atom stereocenters. The Morgan fingerprint density at radius 1 is 0.581 bits per heavy atom. The van der Waals surface area contributed by atoms with E-state index in [1.54, 1.807) is 0 Å². The van der Waals surface area contributed by atoms with Gasteiger partial charge < -0.3 is 5.53 Å². The van der Waals surface area contributed by atoms with Crippen LogP contribution in [0.4, 0.5) is 0 Å². The van der Waals surface area contributed by atoms with Crippen LogP contribution in [0.1, 0.15) is 88.0 Å². The Balaban J connectivity index is 0.000000409. The van der Waals surface area contributed by atoms with Gasteiger partial charge in [-0.1, -0.05) is 64.3 Å². The molecule has 0 amide bonds. The molecule has 1 aliphatic heterocycles. The van der Waals surface area contributed by atoms with E-state index in [2.05, 4.69) is 87.5 Å². The summed E-state index contributed by atoms with van der Waals surface area (Å²) in [6.45, 7) is 6.68. The van der Waals surface area contributed by atoms with Gasteiger partial charge in [-0.2, -0.15) is 72.8 Å². The molecule has 5 rings (SSSR count). The zero-order valence-corrected chi connectivity index (χ0v) is 27.6. The molecule has 0 saturated heterocycles. The molecule has 0 bridgehead atoms. The average molecular weight is 661 g/mol. The number of allylic oxidation sites excluding steroid dienone is 2. The van der Waals surface area contributed by atoms with Crippen LogP contribution in [0, 0.1) is 12.1 Å². The Morgan fingerprint density at radius 2 is 1.05 bits per heavy atom. The number of hydrogen-bond acceptors (Lipinski definition) is 0. The fourth-order valence-electron chi connectivity index (χ4n) is 4.83. The number of rotatable bonds is 11. The third-order valence-corrected chi connectivity index (χ3v) is 7.13. The standard InChI is InChI=1S/C28H36N2.2C6H5.Pd/c1-4-7-12-22-14-10-17-24(19-22)27-21-26(16-9-6-3)28(30(27)29)25-18-11-15-23(20-25)13-8-5-2;2*1-2-4-6-5-3-1;/h10-11,14-15,17-21H,4-9,12-13,16H2,1-3H3;2*1-5H;/q;2*-1;+2. The normalized spacial score (nSPS) is 11.9. The molecule has 0 saturated carbocycles. The van der Waals surface area contributed by atoms with Crippen LogP contribution < -0.4 is 0 Å². The van der Waals surface area contributed by atoms with Gasteiger partial charge >= 0.3 is 20.4 Å². The summed E-state index contributed by atoms with van der Waals surface area (Å²) in [6, 6.07) is 42.4. The maximum Gasteiger partial charge on any atom is 2.00 e. The van der Waals surface area contributed by atoms with E-state index >= 15 is 0 Å². The molecule has 0 N–H and O–H groups in total. The average Bonchev–Trinajstić information content (AvgIpc) is 3.40. The maximum absolute atomic E-state index is 11.3. The van der Waals surface area contributed by atoms with Gasteiger partial charge in [0.05, 0.1) is 0 Å². The van der Waals surface area contributed by atoms with Crippen LogP contribution in [0.5, 0.6) is 0 Å². The Morgan fingerprint density at radius 3 is 1.49 bits per heavy atom. The second-order valence-electron chi connectivity index (χ2n) is 10.6. The fraction of sp³-hybridized carbons (Fsp3) is 0.300. The molecule has 4 aromatic rings. The summed E-state index contributed by atoms with van der Waals surface area (Å²) in [5, 5.41) is 0. The molecule has 1 aliphatic rings. The fourth-order valence-corrected chi connectivity index (χ4v) is 4.83. The van der Waals surface area contributed by atoms with Gasteiger partial charge in [-0.15, -0.1) is 0 Å². The van der Waals surface area contributed by atoms with Gasteiger partial charge in [-0.3, -0.25) is 0 Å². The van der Waals surface area contributed by atoms with E-state index in [4.69, 9.17) is 0 Å². The van der Waals surface area contributed by atoms with E-state index in [0.29, 0.717) is 0 Å². The zero-order chi connectivity index (χ0) is 29.8. The molecule has 1 heterocycles. The summed E-state index contributed by atoms with van der Waals surface area (Å²) in [7, 11) is 0. The van der Waals surface area contributed by atoms with Crippen molar-refractivity contribution in [1.82, 2.24) is 0 Å². The van der Waals surface area contributed by atoms with Gasteiger partial charge in [0.2, 0.25) is 11.4 Å². The number of unbranched alkanes of at least 4 members (excludes halogenated alkanes) is 3. The van der Waals surface area contributed by atoms with Crippen LogP contribution in [0.15, 0.2) is 121 Å². The second-order valence-corrected chi connectivity index (χ2v) is 10.6. The molecule has 43 heavy (non-hydrogen) atoms. The quantitative estimate of drug-likeness (QED) is 0.0869. The van der Waals surface area contributed by atoms with Crippen molar-refractivity contribution in [3.05, 3.63) is 161 Å². The minimum absolute atomic E-state index is 0. The van der Waals surface area contributed by atoms with Crippen molar-refractivity contribution in [3.8, 4) is 0 Å². The third kappa shape index (κ3) is 12.4. The summed E-state index contributed by atoms with van der Waals surface area (Å²) < 4.78 is 1.43. The number of nitrogens with zero attached hydrogens (tertiary/aromatic N) is 2. The van der Waals surface area contributed by atoms with Gasteiger partial charge in [-0.05, 0) is 73.9 Å². The van der Waals surface area contributed by atoms with Crippen LogP contribution in [0.3, 0.4) is 0 Å². The molecule has 0 aromatic heterocycles. The number of benzene rings is 4. The Labute approximate surface area is 274 Å². The Bertz CT molecular complexity index is 1310. The first-order valence-corrected chi connectivity index (χ1v) is 15.6. The van der Waals surface area contributed by atoms with Gasteiger partial charge in [0.25, 0.3) is 0 Å². The molecule has 0 spiro atoms. The molecular formula is C40H46N2Pd. The smallest absolute Gasteiger partial charge is 0.493 e. The first-order chi connectivity index (χ1) is 20.7. The van der Waals surface area contributed by atoms with Crippen LogP contribution in [0.25, 0.3) is 16.9 Å². The first-order valence-electron chi connectivity index (χ1n) is 15.6. The van der Waals surface area contributed by atoms with E-state index in [-0.39, 0.29) is 20.4 Å². The summed E-state index contributed by atoms with van der Waals surface area (Å²) in [6.07, 6.45) is 12.4. The molecule has 4 aromatic carbocycles. The van der Waals surface area contributed by atoms with Gasteiger partial charge in [0.15, 0.2) is 0 Å². The minimum Gasteiger partial charge on any atom is -0.493 e. The van der Waals surface area contributed by atoms with E-state index in [1.165, 1.54) is 47.1 Å². The second kappa shape index (κ2) is 21.3. The summed E-state index contributed by atoms with van der Waals surface area (Å²) in [5.74, 6) is 0. The molecule has 226 valence electrons. The van der Waals surface area contributed by atoms with Crippen LogP contribution >= 0.6 is 0 Å². The molecule has 0 radical (unpaired) electrons. The topological polar surface area (TPSA) is 25.3 Å². The van der Waals surface area contributed by atoms with Gasteiger partial charge in [0.1, 0.15) is 0 Å².